The molecule has 1 aliphatic carbocycles. The molecular weight excluding hydrogens is 312 g/mol. The zero-order valence-corrected chi connectivity index (χ0v) is 15.6. The van der Waals surface area contributed by atoms with Crippen LogP contribution >= 0.6 is 0 Å². The molecule has 0 saturated carbocycles. The molecule has 134 valence electrons. The van der Waals surface area contributed by atoms with E-state index >= 15 is 0 Å². The largest absolute Gasteiger partial charge is 0.491 e. The van der Waals surface area contributed by atoms with Crippen LogP contribution in [-0.2, 0) is 13.0 Å². The van der Waals surface area contributed by atoms with Crippen molar-refractivity contribution in [2.24, 2.45) is 0 Å². The van der Waals surface area contributed by atoms with E-state index in [2.05, 4.69) is 22.4 Å². The highest BCUT2D eigenvalue weighted by molar-refractivity contribution is 5.34. The molecule has 1 heterocycles. The van der Waals surface area contributed by atoms with E-state index in [1.165, 1.54) is 16.8 Å². The SMILES string of the molecule is CC(C)Oc1ccc(CN[C@H]2CCCc3nc(N(C)C)ncc32)cc1. The van der Waals surface area contributed by atoms with E-state index in [0.29, 0.717) is 6.04 Å². The standard InChI is InChI=1S/C20H28N4O/c1-14(2)25-16-10-8-15(9-11-16)12-21-18-6-5-7-19-17(18)13-22-20(23-19)24(3)4/h8-11,13-14,18,21H,5-7,12H2,1-4H3/t18-/m0/s1. The van der Waals surface area contributed by atoms with Gasteiger partial charge in [-0.15, -0.1) is 0 Å². The summed E-state index contributed by atoms with van der Waals surface area (Å²) in [6.07, 6.45) is 5.53. The number of hydrogen-bond donors (Lipinski definition) is 1. The molecule has 1 aromatic heterocycles. The Bertz CT molecular complexity index is 697. The number of nitrogens with one attached hydrogen (secondary N) is 1. The van der Waals surface area contributed by atoms with Crippen molar-refractivity contribution in [1.82, 2.24) is 15.3 Å². The lowest BCUT2D eigenvalue weighted by Crippen LogP contribution is -2.26. The summed E-state index contributed by atoms with van der Waals surface area (Å²) in [5.74, 6) is 1.71. The third-order valence-electron chi connectivity index (χ3n) is 4.42. The Morgan fingerprint density at radius 3 is 2.68 bits per heavy atom. The van der Waals surface area contributed by atoms with Crippen LogP contribution in [-0.4, -0.2) is 30.2 Å². The predicted molar refractivity (Wildman–Crippen MR) is 101 cm³/mol. The van der Waals surface area contributed by atoms with Crippen LogP contribution in [0.4, 0.5) is 5.95 Å². The van der Waals surface area contributed by atoms with Crippen LogP contribution in [0.25, 0.3) is 0 Å². The Kier molecular flexibility index (Phi) is 5.53. The van der Waals surface area contributed by atoms with Crippen molar-refractivity contribution in [3.05, 3.63) is 47.3 Å². The molecule has 3 rings (SSSR count). The average Bonchev–Trinajstić information content (AvgIpc) is 2.60. The molecule has 1 atom stereocenters. The van der Waals surface area contributed by atoms with Crippen molar-refractivity contribution < 1.29 is 4.74 Å². The number of rotatable bonds is 6. The van der Waals surface area contributed by atoms with Crippen LogP contribution in [0.1, 0.15) is 49.6 Å². The first-order valence-electron chi connectivity index (χ1n) is 9.05. The molecule has 0 fully saturated rings. The van der Waals surface area contributed by atoms with Crippen molar-refractivity contribution in [2.75, 3.05) is 19.0 Å². The molecule has 1 aromatic carbocycles. The van der Waals surface area contributed by atoms with Gasteiger partial charge in [-0.2, -0.15) is 0 Å². The molecule has 0 spiro atoms. The predicted octanol–water partition coefficient (Wildman–Crippen LogP) is 3.50. The monoisotopic (exact) mass is 340 g/mol. The highest BCUT2D eigenvalue weighted by atomic mass is 16.5. The second kappa shape index (κ2) is 7.83. The quantitative estimate of drug-likeness (QED) is 0.872. The van der Waals surface area contributed by atoms with Gasteiger partial charge in [-0.05, 0) is 50.8 Å². The van der Waals surface area contributed by atoms with Gasteiger partial charge in [-0.3, -0.25) is 0 Å². The summed E-state index contributed by atoms with van der Waals surface area (Å²) < 4.78 is 5.70. The molecule has 0 bridgehead atoms. The molecule has 5 nitrogen and oxygen atoms in total. The second-order valence-corrected chi connectivity index (χ2v) is 7.10. The maximum absolute atomic E-state index is 5.70. The minimum Gasteiger partial charge on any atom is -0.491 e. The number of aryl methyl sites for hydroxylation is 1. The number of nitrogens with zero attached hydrogens (tertiary/aromatic N) is 3. The van der Waals surface area contributed by atoms with E-state index in [9.17, 15) is 0 Å². The highest BCUT2D eigenvalue weighted by Gasteiger charge is 2.22. The zero-order chi connectivity index (χ0) is 17.8. The molecule has 0 unspecified atom stereocenters. The van der Waals surface area contributed by atoms with Gasteiger partial charge in [0.2, 0.25) is 5.95 Å². The van der Waals surface area contributed by atoms with Crippen molar-refractivity contribution in [2.45, 2.75) is 51.8 Å². The van der Waals surface area contributed by atoms with Crippen LogP contribution in [0.5, 0.6) is 5.75 Å². The molecule has 0 aliphatic heterocycles. The molecule has 5 heteroatoms. The van der Waals surface area contributed by atoms with Crippen LogP contribution in [0.2, 0.25) is 0 Å². The van der Waals surface area contributed by atoms with E-state index < -0.39 is 0 Å². The van der Waals surface area contributed by atoms with E-state index in [0.717, 1.165) is 37.5 Å². The first-order chi connectivity index (χ1) is 12.0. The van der Waals surface area contributed by atoms with Gasteiger partial charge in [0.05, 0.1) is 11.8 Å². The highest BCUT2D eigenvalue weighted by Crippen LogP contribution is 2.29. The molecule has 1 aliphatic rings. The number of aromatic nitrogens is 2. The first kappa shape index (κ1) is 17.7. The fourth-order valence-corrected chi connectivity index (χ4v) is 3.16. The van der Waals surface area contributed by atoms with Gasteiger partial charge in [-0.1, -0.05) is 12.1 Å². The summed E-state index contributed by atoms with van der Waals surface area (Å²) in [6.45, 7) is 4.92. The number of anilines is 1. The smallest absolute Gasteiger partial charge is 0.225 e. The van der Waals surface area contributed by atoms with Gasteiger partial charge < -0.3 is 15.0 Å². The van der Waals surface area contributed by atoms with Gasteiger partial charge in [-0.25, -0.2) is 9.97 Å². The molecule has 1 N–H and O–H groups in total. The summed E-state index contributed by atoms with van der Waals surface area (Å²) >= 11 is 0. The summed E-state index contributed by atoms with van der Waals surface area (Å²) in [6, 6.07) is 8.66. The van der Waals surface area contributed by atoms with E-state index in [1.807, 2.05) is 51.2 Å². The zero-order valence-electron chi connectivity index (χ0n) is 15.6. The fourth-order valence-electron chi connectivity index (χ4n) is 3.16. The summed E-state index contributed by atoms with van der Waals surface area (Å²) in [5.41, 5.74) is 3.69. The Morgan fingerprint density at radius 2 is 2.00 bits per heavy atom. The molecule has 25 heavy (non-hydrogen) atoms. The number of fused-ring (bicyclic) bond motifs is 1. The van der Waals surface area contributed by atoms with E-state index in [-0.39, 0.29) is 6.10 Å². The summed E-state index contributed by atoms with van der Waals surface area (Å²) in [7, 11) is 3.96. The normalized spacial score (nSPS) is 16.6. The fraction of sp³-hybridized carbons (Fsp3) is 0.500. The molecule has 2 aromatic rings. The first-order valence-corrected chi connectivity index (χ1v) is 9.05. The Hall–Kier alpha value is -2.14. The second-order valence-electron chi connectivity index (χ2n) is 7.10. The molecule has 0 amide bonds. The summed E-state index contributed by atoms with van der Waals surface area (Å²) in [4.78, 5) is 11.2. The van der Waals surface area contributed by atoms with Gasteiger partial charge in [0.25, 0.3) is 0 Å². The topological polar surface area (TPSA) is 50.3 Å². The Morgan fingerprint density at radius 1 is 1.24 bits per heavy atom. The lowest BCUT2D eigenvalue weighted by molar-refractivity contribution is 0.242. The van der Waals surface area contributed by atoms with Crippen molar-refractivity contribution in [3.63, 3.8) is 0 Å². The van der Waals surface area contributed by atoms with Crippen LogP contribution in [0.15, 0.2) is 30.5 Å². The van der Waals surface area contributed by atoms with Gasteiger partial charge in [0.1, 0.15) is 5.75 Å². The Balaban J connectivity index is 1.65. The maximum Gasteiger partial charge on any atom is 0.225 e. The van der Waals surface area contributed by atoms with Gasteiger partial charge in [0, 0.05) is 38.4 Å². The molecular formula is C20H28N4O. The van der Waals surface area contributed by atoms with Crippen LogP contribution in [0, 0.1) is 0 Å². The maximum atomic E-state index is 5.70. The van der Waals surface area contributed by atoms with Crippen LogP contribution < -0.4 is 15.0 Å². The van der Waals surface area contributed by atoms with Crippen LogP contribution in [0.3, 0.4) is 0 Å². The third-order valence-corrected chi connectivity index (χ3v) is 4.42. The van der Waals surface area contributed by atoms with E-state index in [4.69, 9.17) is 9.72 Å². The number of hydrogen-bond acceptors (Lipinski definition) is 5. The molecule has 0 radical (unpaired) electrons. The van der Waals surface area contributed by atoms with Gasteiger partial charge >= 0.3 is 0 Å². The number of ether oxygens (including phenoxy) is 1. The van der Waals surface area contributed by atoms with Crippen molar-refractivity contribution >= 4 is 5.95 Å². The number of benzene rings is 1. The van der Waals surface area contributed by atoms with Gasteiger partial charge in [0.15, 0.2) is 0 Å². The lowest BCUT2D eigenvalue weighted by atomic mass is 9.92. The molecule has 0 saturated heterocycles. The minimum absolute atomic E-state index is 0.203. The van der Waals surface area contributed by atoms with Crippen molar-refractivity contribution in [3.8, 4) is 5.75 Å². The van der Waals surface area contributed by atoms with Crippen molar-refractivity contribution in [1.29, 1.82) is 0 Å². The summed E-state index contributed by atoms with van der Waals surface area (Å²) in [5, 5.41) is 3.67. The lowest BCUT2D eigenvalue weighted by Gasteiger charge is -2.26. The van der Waals surface area contributed by atoms with E-state index in [1.54, 1.807) is 0 Å². The third kappa shape index (κ3) is 4.48. The minimum atomic E-state index is 0.203. The Labute approximate surface area is 150 Å². The average molecular weight is 340 g/mol.